The van der Waals surface area contributed by atoms with Gasteiger partial charge in [-0.25, -0.2) is 0 Å². The second kappa shape index (κ2) is 10.2. The normalized spacial score (nSPS) is 26.2. The molecule has 0 spiro atoms. The molecule has 0 radical (unpaired) electrons. The SMILES string of the molecule is CN=C(NCC1CCSCC1)NC1CCCC(C(=O)NC(C)C)C1. The Labute approximate surface area is 151 Å². The quantitative estimate of drug-likeness (QED) is 0.524. The molecule has 138 valence electrons. The number of thioether (sulfide) groups is 1. The van der Waals surface area contributed by atoms with E-state index >= 15 is 0 Å². The van der Waals surface area contributed by atoms with E-state index < -0.39 is 0 Å². The van der Waals surface area contributed by atoms with Crippen molar-refractivity contribution in [3.8, 4) is 0 Å². The number of amides is 1. The van der Waals surface area contributed by atoms with Gasteiger partial charge in [-0.3, -0.25) is 9.79 Å². The van der Waals surface area contributed by atoms with Crippen LogP contribution in [0.1, 0.15) is 52.4 Å². The number of nitrogens with one attached hydrogen (secondary N) is 3. The number of rotatable bonds is 5. The summed E-state index contributed by atoms with van der Waals surface area (Å²) in [5.41, 5.74) is 0. The fourth-order valence-corrected chi connectivity index (χ4v) is 4.75. The Morgan fingerprint density at radius 3 is 2.62 bits per heavy atom. The minimum Gasteiger partial charge on any atom is -0.356 e. The van der Waals surface area contributed by atoms with Gasteiger partial charge in [0.05, 0.1) is 0 Å². The van der Waals surface area contributed by atoms with Crippen molar-refractivity contribution in [1.82, 2.24) is 16.0 Å². The molecule has 1 amide bonds. The topological polar surface area (TPSA) is 65.5 Å². The Morgan fingerprint density at radius 2 is 1.96 bits per heavy atom. The highest BCUT2D eigenvalue weighted by molar-refractivity contribution is 7.99. The van der Waals surface area contributed by atoms with Crippen LogP contribution in [0, 0.1) is 11.8 Å². The second-order valence-electron chi connectivity index (χ2n) is 7.38. The Kier molecular flexibility index (Phi) is 8.22. The first kappa shape index (κ1) is 19.4. The average molecular weight is 355 g/mol. The largest absolute Gasteiger partial charge is 0.356 e. The molecule has 3 N–H and O–H groups in total. The van der Waals surface area contributed by atoms with Crippen molar-refractivity contribution in [2.75, 3.05) is 25.1 Å². The highest BCUT2D eigenvalue weighted by atomic mass is 32.2. The molecule has 0 bridgehead atoms. The third-order valence-electron chi connectivity index (χ3n) is 4.94. The van der Waals surface area contributed by atoms with Crippen LogP contribution in [0.3, 0.4) is 0 Å². The number of aliphatic imine (C=N–C) groups is 1. The number of nitrogens with zero attached hydrogens (tertiary/aromatic N) is 1. The van der Waals surface area contributed by atoms with Gasteiger partial charge in [0.15, 0.2) is 5.96 Å². The molecular formula is C18H34N4OS. The van der Waals surface area contributed by atoms with E-state index in [2.05, 4.69) is 32.7 Å². The van der Waals surface area contributed by atoms with Crippen molar-refractivity contribution in [2.45, 2.75) is 64.5 Å². The van der Waals surface area contributed by atoms with Crippen LogP contribution in [0.15, 0.2) is 4.99 Å². The summed E-state index contributed by atoms with van der Waals surface area (Å²) in [4.78, 5) is 16.6. The Bertz CT molecular complexity index is 421. The van der Waals surface area contributed by atoms with Crippen LogP contribution in [-0.4, -0.2) is 49.0 Å². The molecular weight excluding hydrogens is 320 g/mol. The van der Waals surface area contributed by atoms with Gasteiger partial charge in [-0.15, -0.1) is 0 Å². The van der Waals surface area contributed by atoms with Gasteiger partial charge >= 0.3 is 0 Å². The van der Waals surface area contributed by atoms with E-state index in [1.807, 2.05) is 20.9 Å². The standard InChI is InChI=1S/C18H34N4OS/c1-13(2)21-17(23)15-5-4-6-16(11-15)22-18(19-3)20-12-14-7-9-24-10-8-14/h13-16H,4-12H2,1-3H3,(H,21,23)(H2,19,20,22). The van der Waals surface area contributed by atoms with Crippen LogP contribution in [0.4, 0.5) is 0 Å². The summed E-state index contributed by atoms with van der Waals surface area (Å²) in [6, 6.07) is 0.559. The van der Waals surface area contributed by atoms with Gasteiger partial charge in [0.2, 0.25) is 5.91 Å². The van der Waals surface area contributed by atoms with Crippen molar-refractivity contribution in [3.63, 3.8) is 0 Å². The summed E-state index contributed by atoms with van der Waals surface area (Å²) in [6.07, 6.45) is 6.73. The third-order valence-corrected chi connectivity index (χ3v) is 5.99. The van der Waals surface area contributed by atoms with E-state index in [1.54, 1.807) is 0 Å². The lowest BCUT2D eigenvalue weighted by Crippen LogP contribution is -2.48. The van der Waals surface area contributed by atoms with E-state index in [4.69, 9.17) is 0 Å². The Morgan fingerprint density at radius 1 is 1.21 bits per heavy atom. The lowest BCUT2D eigenvalue weighted by Gasteiger charge is -2.31. The maximum atomic E-state index is 12.3. The number of hydrogen-bond donors (Lipinski definition) is 3. The maximum absolute atomic E-state index is 12.3. The smallest absolute Gasteiger partial charge is 0.223 e. The lowest BCUT2D eigenvalue weighted by atomic mass is 9.85. The molecule has 0 aromatic heterocycles. The van der Waals surface area contributed by atoms with Crippen molar-refractivity contribution in [2.24, 2.45) is 16.8 Å². The summed E-state index contributed by atoms with van der Waals surface area (Å²) < 4.78 is 0. The molecule has 2 atom stereocenters. The van der Waals surface area contributed by atoms with Crippen LogP contribution < -0.4 is 16.0 Å². The molecule has 1 aliphatic heterocycles. The summed E-state index contributed by atoms with van der Waals surface area (Å²) in [6.45, 7) is 5.04. The molecule has 0 aromatic carbocycles. The van der Waals surface area contributed by atoms with Crippen LogP contribution in [0.5, 0.6) is 0 Å². The average Bonchev–Trinajstić information content (AvgIpc) is 2.59. The number of guanidine groups is 1. The molecule has 5 nitrogen and oxygen atoms in total. The lowest BCUT2D eigenvalue weighted by molar-refractivity contribution is -0.126. The zero-order valence-corrected chi connectivity index (χ0v) is 16.3. The third kappa shape index (κ3) is 6.54. The van der Waals surface area contributed by atoms with Crippen molar-refractivity contribution in [3.05, 3.63) is 0 Å². The second-order valence-corrected chi connectivity index (χ2v) is 8.60. The summed E-state index contributed by atoms with van der Waals surface area (Å²) in [5, 5.41) is 10.1. The highest BCUT2D eigenvalue weighted by Gasteiger charge is 2.28. The fourth-order valence-electron chi connectivity index (χ4n) is 3.54. The molecule has 24 heavy (non-hydrogen) atoms. The molecule has 2 unspecified atom stereocenters. The van der Waals surface area contributed by atoms with Crippen molar-refractivity contribution in [1.29, 1.82) is 0 Å². The van der Waals surface area contributed by atoms with E-state index in [0.717, 1.165) is 44.1 Å². The van der Waals surface area contributed by atoms with E-state index in [-0.39, 0.29) is 17.9 Å². The Hall–Kier alpha value is -0.910. The summed E-state index contributed by atoms with van der Waals surface area (Å²) in [5.74, 6) is 4.57. The van der Waals surface area contributed by atoms with E-state index in [9.17, 15) is 4.79 Å². The van der Waals surface area contributed by atoms with Gasteiger partial charge in [0.1, 0.15) is 0 Å². The summed E-state index contributed by atoms with van der Waals surface area (Å²) >= 11 is 2.06. The number of hydrogen-bond acceptors (Lipinski definition) is 3. The zero-order valence-electron chi connectivity index (χ0n) is 15.4. The first-order chi connectivity index (χ1) is 11.6. The molecule has 2 fully saturated rings. The van der Waals surface area contributed by atoms with Crippen LogP contribution >= 0.6 is 11.8 Å². The predicted molar refractivity (Wildman–Crippen MR) is 104 cm³/mol. The van der Waals surface area contributed by atoms with Gasteiger partial charge in [0, 0.05) is 31.6 Å². The molecule has 2 rings (SSSR count). The molecule has 6 heteroatoms. The predicted octanol–water partition coefficient (Wildman–Crippen LogP) is 2.38. The number of carbonyl (C=O) groups excluding carboxylic acids is 1. The first-order valence-corrected chi connectivity index (χ1v) is 10.6. The Balaban J connectivity index is 1.76. The van der Waals surface area contributed by atoms with Crippen LogP contribution in [0.25, 0.3) is 0 Å². The van der Waals surface area contributed by atoms with Gasteiger partial charge in [-0.05, 0) is 63.4 Å². The first-order valence-electron chi connectivity index (χ1n) is 9.43. The minimum atomic E-state index is 0.132. The maximum Gasteiger partial charge on any atom is 0.223 e. The van der Waals surface area contributed by atoms with Gasteiger partial charge in [-0.2, -0.15) is 11.8 Å². The minimum absolute atomic E-state index is 0.132. The van der Waals surface area contributed by atoms with Crippen LogP contribution in [0.2, 0.25) is 0 Å². The van der Waals surface area contributed by atoms with E-state index in [1.165, 1.54) is 24.3 Å². The number of carbonyl (C=O) groups is 1. The molecule has 1 heterocycles. The van der Waals surface area contributed by atoms with Crippen LogP contribution in [-0.2, 0) is 4.79 Å². The van der Waals surface area contributed by atoms with Gasteiger partial charge in [-0.1, -0.05) is 6.42 Å². The van der Waals surface area contributed by atoms with Crippen molar-refractivity contribution >= 4 is 23.6 Å². The molecule has 1 saturated carbocycles. The highest BCUT2D eigenvalue weighted by Crippen LogP contribution is 2.25. The molecule has 1 saturated heterocycles. The zero-order chi connectivity index (χ0) is 17.4. The fraction of sp³-hybridized carbons (Fsp3) is 0.889. The monoisotopic (exact) mass is 354 g/mol. The van der Waals surface area contributed by atoms with Gasteiger partial charge < -0.3 is 16.0 Å². The summed E-state index contributed by atoms with van der Waals surface area (Å²) in [7, 11) is 1.83. The molecule has 1 aliphatic carbocycles. The van der Waals surface area contributed by atoms with Gasteiger partial charge in [0.25, 0.3) is 0 Å². The van der Waals surface area contributed by atoms with E-state index in [0.29, 0.717) is 6.04 Å². The molecule has 2 aliphatic rings. The van der Waals surface area contributed by atoms with Crippen molar-refractivity contribution < 1.29 is 4.79 Å². The molecule has 0 aromatic rings.